The van der Waals surface area contributed by atoms with Crippen LogP contribution >= 0.6 is 33.5 Å². The standard InChI is InChI=1S/3C18H15P.ClH.Ru.H/c3*1-4-10-16(11-5-1)19(17-12-6-2-7-13-17)18-14-8-3-9-15-18;;;/h3*1-15H;1H;;/q;;;;+1;. The van der Waals surface area contributed by atoms with Gasteiger partial charge in [0.2, 0.25) is 0 Å². The van der Waals surface area contributed by atoms with E-state index in [4.69, 9.17) is 0 Å². The Hall–Kier alpha value is -4.82. The maximum Gasteiger partial charge on any atom is 1.00 e. The van der Waals surface area contributed by atoms with E-state index in [9.17, 15) is 0 Å². The van der Waals surface area contributed by atoms with Crippen LogP contribution in [0.25, 0.3) is 0 Å². The molecule has 0 saturated carbocycles. The SMILES string of the molecule is [Cl][RuH].[H+].c1ccc(P(c2ccccc2)c2ccccc2)cc1.c1ccc(P(c2ccccc2)c2ccccc2)cc1.c1ccc(P(c2ccccc2)c2ccccc2)cc1. The maximum atomic E-state index is 4.61. The number of halogens is 1. The predicted molar refractivity (Wildman–Crippen MR) is 264 cm³/mol. The number of rotatable bonds is 9. The van der Waals surface area contributed by atoms with E-state index >= 15 is 0 Å². The molecular formula is C54H47ClP3Ru+. The van der Waals surface area contributed by atoms with Gasteiger partial charge in [-0.15, -0.1) is 0 Å². The quantitative estimate of drug-likeness (QED) is 0.1000. The minimum atomic E-state index is -0.446. The molecule has 0 atom stereocenters. The molecule has 0 fully saturated rings. The summed E-state index contributed by atoms with van der Waals surface area (Å²) in [7, 11) is 3.27. The van der Waals surface area contributed by atoms with Crippen LogP contribution in [0.3, 0.4) is 0 Å². The summed E-state index contributed by atoms with van der Waals surface area (Å²) in [6.45, 7) is 0. The zero-order chi connectivity index (χ0) is 40.7. The van der Waals surface area contributed by atoms with Gasteiger partial charge in [-0.05, 0) is 71.5 Å². The molecule has 0 nitrogen and oxygen atoms in total. The van der Waals surface area contributed by atoms with Crippen LogP contribution in [0.1, 0.15) is 1.43 Å². The zero-order valence-corrected chi connectivity index (χ0v) is 37.9. The van der Waals surface area contributed by atoms with Crippen molar-refractivity contribution in [3.63, 3.8) is 0 Å². The second-order valence-electron chi connectivity index (χ2n) is 13.0. The van der Waals surface area contributed by atoms with Crippen molar-refractivity contribution >= 4 is 81.2 Å². The smallest absolute Gasteiger partial charge is 0.0622 e. The Morgan fingerprint density at radius 1 is 0.186 bits per heavy atom. The maximum absolute atomic E-state index is 4.61. The van der Waals surface area contributed by atoms with Crippen molar-refractivity contribution in [2.75, 3.05) is 0 Å². The molecule has 9 aromatic carbocycles. The first kappa shape index (κ1) is 43.8. The Morgan fingerprint density at radius 2 is 0.271 bits per heavy atom. The molecule has 0 unspecified atom stereocenters. The van der Waals surface area contributed by atoms with Gasteiger partial charge >= 0.3 is 28.4 Å². The minimum absolute atomic E-state index is 0. The molecule has 292 valence electrons. The van der Waals surface area contributed by atoms with E-state index in [1.807, 2.05) is 0 Å². The molecule has 0 aromatic heterocycles. The van der Waals surface area contributed by atoms with Crippen molar-refractivity contribution in [1.82, 2.24) is 0 Å². The normalized spacial score (nSPS) is 10.3. The second kappa shape index (κ2) is 25.0. The van der Waals surface area contributed by atoms with E-state index in [0.717, 1.165) is 0 Å². The van der Waals surface area contributed by atoms with Gasteiger partial charge in [-0.25, -0.2) is 0 Å². The third-order valence-corrected chi connectivity index (χ3v) is 16.5. The summed E-state index contributed by atoms with van der Waals surface area (Å²) < 4.78 is 0. The molecule has 0 aliphatic carbocycles. The summed E-state index contributed by atoms with van der Waals surface area (Å²) >= 11 is 1.62. The van der Waals surface area contributed by atoms with Crippen molar-refractivity contribution in [1.29, 1.82) is 0 Å². The molecule has 0 heterocycles. The molecule has 0 aliphatic heterocycles. The number of hydrogen-bond acceptors (Lipinski definition) is 0. The van der Waals surface area contributed by atoms with Gasteiger partial charge in [-0.3, -0.25) is 0 Å². The van der Waals surface area contributed by atoms with Crippen molar-refractivity contribution in [3.05, 3.63) is 273 Å². The molecule has 9 rings (SSSR count). The molecule has 59 heavy (non-hydrogen) atoms. The summed E-state index contributed by atoms with van der Waals surface area (Å²) in [5.74, 6) is 0. The van der Waals surface area contributed by atoms with E-state index < -0.39 is 23.8 Å². The summed E-state index contributed by atoms with van der Waals surface area (Å²) in [6, 6.07) is 97.0. The van der Waals surface area contributed by atoms with E-state index in [0.29, 0.717) is 0 Å². The van der Waals surface area contributed by atoms with Gasteiger partial charge in [0.05, 0.1) is 0 Å². The Balaban J connectivity index is 0.000000166. The molecule has 0 bridgehead atoms. The molecule has 5 heteroatoms. The van der Waals surface area contributed by atoms with Gasteiger partial charge in [0.1, 0.15) is 0 Å². The molecule has 9 aromatic rings. The fourth-order valence-electron chi connectivity index (χ4n) is 6.54. The average Bonchev–Trinajstić information content (AvgIpc) is 3.34. The van der Waals surface area contributed by atoms with Crippen molar-refractivity contribution in [2.24, 2.45) is 0 Å². The van der Waals surface area contributed by atoms with Crippen LogP contribution in [0.5, 0.6) is 0 Å². The van der Waals surface area contributed by atoms with Crippen molar-refractivity contribution in [2.45, 2.75) is 0 Å². The predicted octanol–water partition coefficient (Wildman–Crippen LogP) is 10.9. The van der Waals surface area contributed by atoms with E-state index in [-0.39, 0.29) is 1.43 Å². The third kappa shape index (κ3) is 13.1. The molecule has 0 amide bonds. The molecule has 0 spiro atoms. The van der Waals surface area contributed by atoms with Crippen molar-refractivity contribution in [3.8, 4) is 0 Å². The molecule has 0 radical (unpaired) electrons. The number of benzene rings is 9. The molecule has 0 N–H and O–H groups in total. The van der Waals surface area contributed by atoms with Gasteiger partial charge in [0.25, 0.3) is 0 Å². The first-order valence-corrected chi connectivity index (χ1v) is 25.8. The molecule has 0 saturated heterocycles. The van der Waals surface area contributed by atoms with Gasteiger partial charge in [0, 0.05) is 0 Å². The fourth-order valence-corrected chi connectivity index (χ4v) is 13.5. The van der Waals surface area contributed by atoms with Gasteiger partial charge in [0.15, 0.2) is 0 Å². The van der Waals surface area contributed by atoms with Crippen LogP contribution in [0.4, 0.5) is 0 Å². The van der Waals surface area contributed by atoms with Crippen LogP contribution in [0.15, 0.2) is 273 Å². The van der Waals surface area contributed by atoms with E-state index in [1.165, 1.54) is 47.7 Å². The Kier molecular flexibility index (Phi) is 18.5. The largest absolute Gasteiger partial charge is 1.00 e. The van der Waals surface area contributed by atoms with Gasteiger partial charge in [-0.1, -0.05) is 273 Å². The average molecular weight is 925 g/mol. The van der Waals surface area contributed by atoms with Crippen LogP contribution in [0, 0.1) is 0 Å². The van der Waals surface area contributed by atoms with Gasteiger partial charge in [-0.2, -0.15) is 0 Å². The molecular weight excluding hydrogens is 878 g/mol. The van der Waals surface area contributed by atoms with Crippen LogP contribution < -0.4 is 47.7 Å². The molecule has 0 aliphatic rings. The van der Waals surface area contributed by atoms with E-state index in [1.54, 1.807) is 17.3 Å². The summed E-state index contributed by atoms with van der Waals surface area (Å²) in [5.41, 5.74) is 0. The Labute approximate surface area is 370 Å². The first-order valence-electron chi connectivity index (χ1n) is 19.4. The minimum Gasteiger partial charge on any atom is -0.0622 e. The van der Waals surface area contributed by atoms with Crippen LogP contribution in [-0.4, -0.2) is 0 Å². The topological polar surface area (TPSA) is 0 Å². The second-order valence-corrected chi connectivity index (χ2v) is 19.7. The summed E-state index contributed by atoms with van der Waals surface area (Å²) in [5, 5.41) is 12.6. The van der Waals surface area contributed by atoms with E-state index in [2.05, 4.69) is 283 Å². The van der Waals surface area contributed by atoms with Crippen molar-refractivity contribution < 1.29 is 18.7 Å². The third-order valence-electron chi connectivity index (χ3n) is 9.13. The summed E-state index contributed by atoms with van der Waals surface area (Å²) in [4.78, 5) is 0. The monoisotopic (exact) mass is 925 g/mol. The van der Waals surface area contributed by atoms with Crippen LogP contribution in [-0.2, 0) is 17.3 Å². The summed E-state index contributed by atoms with van der Waals surface area (Å²) in [6.07, 6.45) is 0. The number of hydrogen-bond donors (Lipinski definition) is 0. The first-order chi connectivity index (χ1) is 29.3. The fraction of sp³-hybridized carbons (Fsp3) is 0. The van der Waals surface area contributed by atoms with Crippen LogP contribution in [0.2, 0.25) is 0 Å². The Morgan fingerprint density at radius 3 is 0.356 bits per heavy atom. The zero-order valence-electron chi connectivity index (χ0n) is 33.6. The van der Waals surface area contributed by atoms with Gasteiger partial charge < -0.3 is 0 Å². The Bertz CT molecular complexity index is 1870.